The third kappa shape index (κ3) is 16.3. The molecule has 5 heteroatoms. The summed E-state index contributed by atoms with van der Waals surface area (Å²) in [4.78, 5) is 23.4. The van der Waals surface area contributed by atoms with Crippen molar-refractivity contribution in [3.63, 3.8) is 0 Å². The van der Waals surface area contributed by atoms with E-state index in [2.05, 4.69) is 6.58 Å². The average Bonchev–Trinajstić information content (AvgIpc) is 2.78. The molecule has 0 heterocycles. The van der Waals surface area contributed by atoms with Gasteiger partial charge in [0.15, 0.2) is 0 Å². The molecule has 0 N–H and O–H groups in total. The predicted molar refractivity (Wildman–Crippen MR) is 125 cm³/mol. The van der Waals surface area contributed by atoms with E-state index >= 15 is 0 Å². The predicted octanol–water partition coefficient (Wildman–Crippen LogP) is 3.52. The van der Waals surface area contributed by atoms with Crippen molar-refractivity contribution in [2.45, 2.75) is 128 Å². The Morgan fingerprint density at radius 3 is 1.56 bits per heavy atom. The molecule has 0 aromatic carbocycles. The van der Waals surface area contributed by atoms with Crippen molar-refractivity contribution in [2.24, 2.45) is 11.8 Å². The van der Waals surface area contributed by atoms with Gasteiger partial charge in [-0.15, -0.1) is 6.58 Å². The fourth-order valence-corrected chi connectivity index (χ4v) is 4.66. The van der Waals surface area contributed by atoms with Crippen LogP contribution < -0.4 is 34.7 Å². The smallest absolute Gasteiger partial charge is 0.550 e. The minimum Gasteiger partial charge on any atom is -0.550 e. The molecule has 0 amide bonds. The number of hydrogen-bond donors (Lipinski definition) is 0. The van der Waals surface area contributed by atoms with E-state index in [1.165, 1.54) is 89.9 Å². The molecule has 0 spiro atoms. The summed E-state index contributed by atoms with van der Waals surface area (Å²) in [6, 6.07) is 0. The van der Waals surface area contributed by atoms with E-state index in [0.717, 1.165) is 25.7 Å². The fourth-order valence-electron chi connectivity index (χ4n) is 4.66. The van der Waals surface area contributed by atoms with Crippen LogP contribution in [0.15, 0.2) is 12.7 Å². The van der Waals surface area contributed by atoms with Crippen molar-refractivity contribution in [1.29, 1.82) is 0 Å². The number of carboxylic acids is 1. The topological polar surface area (TPSA) is 66.4 Å². The van der Waals surface area contributed by atoms with Crippen LogP contribution in [0.5, 0.6) is 0 Å². The molecule has 1 aliphatic rings. The Morgan fingerprint density at radius 2 is 1.12 bits per heavy atom. The summed E-state index contributed by atoms with van der Waals surface area (Å²) in [6.45, 7) is 4.19. The molecular weight excluding hydrogens is 411 g/mol. The van der Waals surface area contributed by atoms with E-state index in [4.69, 9.17) is 4.74 Å². The second-order valence-corrected chi connectivity index (χ2v) is 9.36. The van der Waals surface area contributed by atoms with Gasteiger partial charge >= 0.3 is 35.5 Å². The number of carboxylic acid groups (broad SMARTS) is 1. The van der Waals surface area contributed by atoms with E-state index < -0.39 is 17.8 Å². The molecule has 1 aliphatic carbocycles. The molecule has 0 bridgehead atoms. The average molecular weight is 459 g/mol. The molecule has 1 fully saturated rings. The molecule has 0 aliphatic heterocycles. The second kappa shape index (κ2) is 22.5. The Bertz CT molecular complexity index is 480. The fraction of sp³-hybridized carbons (Fsp3) is 0.852. The van der Waals surface area contributed by atoms with E-state index in [-0.39, 0.29) is 35.5 Å². The van der Waals surface area contributed by atoms with Crippen LogP contribution in [0.4, 0.5) is 0 Å². The van der Waals surface area contributed by atoms with Gasteiger partial charge in [0.2, 0.25) is 0 Å². The first kappa shape index (κ1) is 31.7. The molecule has 0 aromatic rings. The minimum atomic E-state index is -1.10. The van der Waals surface area contributed by atoms with Crippen molar-refractivity contribution >= 4 is 11.9 Å². The zero-order valence-corrected chi connectivity index (χ0v) is 22.9. The van der Waals surface area contributed by atoms with E-state index in [1.54, 1.807) is 0 Å². The first-order valence-corrected chi connectivity index (χ1v) is 13.1. The summed E-state index contributed by atoms with van der Waals surface area (Å²) in [5, 5.41) is 11.2. The number of hydrogen-bond acceptors (Lipinski definition) is 4. The number of allylic oxidation sites excluding steroid dienone is 1. The van der Waals surface area contributed by atoms with Crippen LogP contribution in [-0.2, 0) is 14.3 Å². The molecule has 180 valence electrons. The summed E-state index contributed by atoms with van der Waals surface area (Å²) < 4.78 is 5.35. The summed E-state index contributed by atoms with van der Waals surface area (Å²) in [5.74, 6) is -2.59. The number of unbranched alkanes of at least 4 members (excludes halogenated alkanes) is 15. The number of carbonyl (C=O) groups is 2. The Morgan fingerprint density at radius 1 is 0.719 bits per heavy atom. The van der Waals surface area contributed by atoms with Crippen molar-refractivity contribution in [3.05, 3.63) is 12.7 Å². The van der Waals surface area contributed by atoms with E-state index in [1.807, 2.05) is 6.08 Å². The van der Waals surface area contributed by atoms with Gasteiger partial charge in [0, 0.05) is 11.9 Å². The van der Waals surface area contributed by atoms with Gasteiger partial charge in [-0.1, -0.05) is 102 Å². The summed E-state index contributed by atoms with van der Waals surface area (Å²) >= 11 is 0. The maximum atomic E-state index is 12.2. The van der Waals surface area contributed by atoms with Gasteiger partial charge in [0.25, 0.3) is 0 Å². The molecule has 0 saturated heterocycles. The van der Waals surface area contributed by atoms with Crippen molar-refractivity contribution in [2.75, 3.05) is 6.61 Å². The molecule has 1 saturated carbocycles. The molecule has 2 atom stereocenters. The number of carbonyl (C=O) groups excluding carboxylic acids is 2. The standard InChI is InChI=1S/C27H48O4.Na/c1-2-3-4-5-6-7-8-9-10-11-12-13-14-15-16-17-20-23-31-27(30)25-22-19-18-21-24(25)26(28)29;/h2,24-25H,1,3-23H2,(H,28,29);/q;+1/p-1. The van der Waals surface area contributed by atoms with Crippen LogP contribution in [0.25, 0.3) is 0 Å². The summed E-state index contributed by atoms with van der Waals surface area (Å²) in [6.07, 6.45) is 25.5. The zero-order chi connectivity index (χ0) is 22.6. The van der Waals surface area contributed by atoms with Gasteiger partial charge < -0.3 is 14.6 Å². The zero-order valence-electron chi connectivity index (χ0n) is 20.9. The number of rotatable bonds is 20. The van der Waals surface area contributed by atoms with Gasteiger partial charge in [-0.3, -0.25) is 4.79 Å². The normalized spacial score (nSPS) is 18.0. The first-order valence-electron chi connectivity index (χ1n) is 13.1. The number of ether oxygens (including phenoxy) is 1. The van der Waals surface area contributed by atoms with Gasteiger partial charge in [-0.2, -0.15) is 0 Å². The SMILES string of the molecule is C=CCCCCCCCCCCCCCCCCCOC(=O)C1CCCCC1C(=O)[O-].[Na+]. The largest absolute Gasteiger partial charge is 1.00 e. The number of esters is 1. The molecular formula is C27H47NaO4. The maximum Gasteiger partial charge on any atom is 1.00 e. The third-order valence-electron chi connectivity index (χ3n) is 6.67. The van der Waals surface area contributed by atoms with Crippen LogP contribution in [0.1, 0.15) is 128 Å². The van der Waals surface area contributed by atoms with Crippen LogP contribution >= 0.6 is 0 Å². The Labute approximate surface area is 219 Å². The monoisotopic (exact) mass is 458 g/mol. The van der Waals surface area contributed by atoms with Crippen molar-refractivity contribution < 1.29 is 49.0 Å². The Kier molecular flexibility index (Phi) is 22.2. The van der Waals surface area contributed by atoms with Gasteiger partial charge in [-0.05, 0) is 32.1 Å². The minimum absolute atomic E-state index is 0. The van der Waals surface area contributed by atoms with Gasteiger partial charge in [0.1, 0.15) is 0 Å². The van der Waals surface area contributed by atoms with Crippen LogP contribution in [0.3, 0.4) is 0 Å². The Balaban J connectivity index is 0.00000961. The van der Waals surface area contributed by atoms with Gasteiger partial charge in [-0.25, -0.2) is 0 Å². The third-order valence-corrected chi connectivity index (χ3v) is 6.67. The maximum absolute atomic E-state index is 12.2. The van der Waals surface area contributed by atoms with Crippen LogP contribution in [-0.4, -0.2) is 18.5 Å². The quantitative estimate of drug-likeness (QED) is 0.121. The molecule has 1 rings (SSSR count). The summed E-state index contributed by atoms with van der Waals surface area (Å²) in [7, 11) is 0. The molecule has 0 aromatic heterocycles. The van der Waals surface area contributed by atoms with Gasteiger partial charge in [0.05, 0.1) is 12.5 Å². The molecule has 2 unspecified atom stereocenters. The van der Waals surface area contributed by atoms with E-state index in [0.29, 0.717) is 19.4 Å². The first-order chi connectivity index (χ1) is 15.2. The second-order valence-electron chi connectivity index (χ2n) is 9.36. The Hall–Kier alpha value is -0.320. The van der Waals surface area contributed by atoms with E-state index in [9.17, 15) is 14.7 Å². The van der Waals surface area contributed by atoms with Crippen LogP contribution in [0, 0.1) is 11.8 Å². The van der Waals surface area contributed by atoms with Crippen molar-refractivity contribution in [3.8, 4) is 0 Å². The molecule has 4 nitrogen and oxygen atoms in total. The molecule has 0 radical (unpaired) electrons. The summed E-state index contributed by atoms with van der Waals surface area (Å²) in [5.41, 5.74) is 0. The van der Waals surface area contributed by atoms with Crippen LogP contribution in [0.2, 0.25) is 0 Å². The van der Waals surface area contributed by atoms with Crippen molar-refractivity contribution in [1.82, 2.24) is 0 Å². The molecule has 32 heavy (non-hydrogen) atoms. The number of aliphatic carboxylic acids is 1.